The molecule has 0 spiro atoms. The van der Waals surface area contributed by atoms with Gasteiger partial charge in [0.25, 0.3) is 0 Å². The van der Waals surface area contributed by atoms with E-state index in [9.17, 15) is 0 Å². The van der Waals surface area contributed by atoms with Crippen molar-refractivity contribution in [3.63, 3.8) is 0 Å². The highest BCUT2D eigenvalue weighted by Gasteiger charge is 2.22. The zero-order valence-corrected chi connectivity index (χ0v) is 13.0. The van der Waals surface area contributed by atoms with Crippen LogP contribution in [0.3, 0.4) is 0 Å². The fourth-order valence-corrected chi connectivity index (χ4v) is 3.15. The number of nitrogens with one attached hydrogen (secondary N) is 1. The number of hydrogen-bond donors (Lipinski definition) is 1. The van der Waals surface area contributed by atoms with E-state index in [1.54, 1.807) is 0 Å². The highest BCUT2D eigenvalue weighted by atomic mass is 15.2. The van der Waals surface area contributed by atoms with Crippen LogP contribution in [0.2, 0.25) is 0 Å². The van der Waals surface area contributed by atoms with E-state index in [0.717, 1.165) is 18.5 Å². The Bertz CT molecular complexity index is 197. The Kier molecular flexibility index (Phi) is 7.92. The van der Waals surface area contributed by atoms with Crippen molar-refractivity contribution in [3.05, 3.63) is 0 Å². The van der Waals surface area contributed by atoms with Crippen molar-refractivity contribution in [2.45, 2.75) is 78.3 Å². The van der Waals surface area contributed by atoms with Gasteiger partial charge in [-0.05, 0) is 32.1 Å². The summed E-state index contributed by atoms with van der Waals surface area (Å²) in [7, 11) is 0. The molecule has 0 heterocycles. The third kappa shape index (κ3) is 6.19. The van der Waals surface area contributed by atoms with Gasteiger partial charge in [-0.25, -0.2) is 0 Å². The lowest BCUT2D eigenvalue weighted by atomic mass is 10.1. The molecule has 1 N–H and O–H groups in total. The summed E-state index contributed by atoms with van der Waals surface area (Å²) in [6, 6.07) is 1.55. The van der Waals surface area contributed by atoms with E-state index < -0.39 is 0 Å². The third-order valence-corrected chi connectivity index (χ3v) is 4.05. The fraction of sp³-hybridized carbons (Fsp3) is 1.00. The molecule has 0 radical (unpaired) electrons. The van der Waals surface area contributed by atoms with E-state index in [4.69, 9.17) is 0 Å². The van der Waals surface area contributed by atoms with Crippen LogP contribution in [0.1, 0.15) is 66.2 Å². The van der Waals surface area contributed by atoms with Crippen LogP contribution < -0.4 is 5.32 Å². The molecule has 0 aromatic rings. The average Bonchev–Trinajstić information content (AvgIpc) is 2.81. The predicted molar refractivity (Wildman–Crippen MR) is 81.0 cm³/mol. The maximum absolute atomic E-state index is 3.67. The van der Waals surface area contributed by atoms with Gasteiger partial charge in [-0.2, -0.15) is 0 Å². The SMILES string of the molecule is CCCC(C)NCCN(CC(C)C)C1CCCC1. The largest absolute Gasteiger partial charge is 0.313 e. The highest BCUT2D eigenvalue weighted by molar-refractivity contribution is 4.79. The second-order valence-electron chi connectivity index (χ2n) is 6.47. The van der Waals surface area contributed by atoms with Crippen LogP contribution in [0.15, 0.2) is 0 Å². The molecule has 0 aromatic carbocycles. The number of rotatable bonds is 9. The predicted octanol–water partition coefficient (Wildman–Crippen LogP) is 3.67. The third-order valence-electron chi connectivity index (χ3n) is 4.05. The van der Waals surface area contributed by atoms with Crippen molar-refractivity contribution in [1.82, 2.24) is 10.2 Å². The van der Waals surface area contributed by atoms with Gasteiger partial charge in [0.05, 0.1) is 0 Å². The second-order valence-corrected chi connectivity index (χ2v) is 6.47. The molecule has 2 nitrogen and oxygen atoms in total. The Hall–Kier alpha value is -0.0800. The summed E-state index contributed by atoms with van der Waals surface area (Å²) in [4.78, 5) is 2.74. The molecule has 1 aliphatic rings. The first-order valence-corrected chi connectivity index (χ1v) is 8.11. The molecular formula is C16H34N2. The highest BCUT2D eigenvalue weighted by Crippen LogP contribution is 2.23. The van der Waals surface area contributed by atoms with Gasteiger partial charge in [0, 0.05) is 31.7 Å². The van der Waals surface area contributed by atoms with E-state index in [1.807, 2.05) is 0 Å². The Balaban J connectivity index is 2.27. The van der Waals surface area contributed by atoms with Gasteiger partial charge in [-0.15, -0.1) is 0 Å². The molecule has 1 rings (SSSR count). The zero-order chi connectivity index (χ0) is 13.4. The molecule has 0 bridgehead atoms. The molecule has 2 heteroatoms. The van der Waals surface area contributed by atoms with Crippen molar-refractivity contribution < 1.29 is 0 Å². The Labute approximate surface area is 115 Å². The van der Waals surface area contributed by atoms with Crippen molar-refractivity contribution in [1.29, 1.82) is 0 Å². The maximum atomic E-state index is 3.67. The first-order chi connectivity index (χ1) is 8.63. The molecule has 1 aliphatic carbocycles. The Morgan fingerprint density at radius 3 is 2.39 bits per heavy atom. The summed E-state index contributed by atoms with van der Waals surface area (Å²) in [6.45, 7) is 12.9. The van der Waals surface area contributed by atoms with Gasteiger partial charge in [-0.3, -0.25) is 4.90 Å². The van der Waals surface area contributed by atoms with Crippen molar-refractivity contribution in [2.24, 2.45) is 5.92 Å². The topological polar surface area (TPSA) is 15.3 Å². The van der Waals surface area contributed by atoms with Crippen molar-refractivity contribution >= 4 is 0 Å². The number of nitrogens with zero attached hydrogens (tertiary/aromatic N) is 1. The monoisotopic (exact) mass is 254 g/mol. The van der Waals surface area contributed by atoms with Gasteiger partial charge in [-0.1, -0.05) is 40.0 Å². The summed E-state index contributed by atoms with van der Waals surface area (Å²) in [5.74, 6) is 0.790. The van der Waals surface area contributed by atoms with Crippen LogP contribution in [-0.4, -0.2) is 36.6 Å². The average molecular weight is 254 g/mol. The summed E-state index contributed by atoms with van der Waals surface area (Å²) in [5, 5.41) is 3.67. The van der Waals surface area contributed by atoms with Gasteiger partial charge in [0.15, 0.2) is 0 Å². The van der Waals surface area contributed by atoms with Crippen LogP contribution in [0.25, 0.3) is 0 Å². The molecule has 1 saturated carbocycles. The minimum absolute atomic E-state index is 0.680. The van der Waals surface area contributed by atoms with Crippen molar-refractivity contribution in [2.75, 3.05) is 19.6 Å². The molecule has 0 aromatic heterocycles. The lowest BCUT2D eigenvalue weighted by Gasteiger charge is -2.31. The van der Waals surface area contributed by atoms with Crippen LogP contribution in [0.4, 0.5) is 0 Å². The van der Waals surface area contributed by atoms with Crippen LogP contribution >= 0.6 is 0 Å². The first-order valence-electron chi connectivity index (χ1n) is 8.11. The molecule has 18 heavy (non-hydrogen) atoms. The standard InChI is InChI=1S/C16H34N2/c1-5-8-15(4)17-11-12-18(13-14(2)3)16-9-6-7-10-16/h14-17H,5-13H2,1-4H3. The minimum atomic E-state index is 0.680. The normalized spacial score (nSPS) is 19.0. The summed E-state index contributed by atoms with van der Waals surface area (Å²) in [5.41, 5.74) is 0. The first kappa shape index (κ1) is 16.0. The Morgan fingerprint density at radius 2 is 1.83 bits per heavy atom. The van der Waals surface area contributed by atoms with Gasteiger partial charge in [0.1, 0.15) is 0 Å². The summed E-state index contributed by atoms with van der Waals surface area (Å²) < 4.78 is 0. The van der Waals surface area contributed by atoms with Crippen molar-refractivity contribution in [3.8, 4) is 0 Å². The molecule has 108 valence electrons. The smallest absolute Gasteiger partial charge is 0.0110 e. The molecule has 1 unspecified atom stereocenters. The van der Waals surface area contributed by atoms with Crippen LogP contribution in [0, 0.1) is 5.92 Å². The van der Waals surface area contributed by atoms with Gasteiger partial charge < -0.3 is 5.32 Å². The van der Waals surface area contributed by atoms with E-state index >= 15 is 0 Å². The zero-order valence-electron chi connectivity index (χ0n) is 13.0. The quantitative estimate of drug-likeness (QED) is 0.675. The van der Waals surface area contributed by atoms with Crippen LogP contribution in [0.5, 0.6) is 0 Å². The van der Waals surface area contributed by atoms with Gasteiger partial charge >= 0.3 is 0 Å². The summed E-state index contributed by atoms with van der Waals surface area (Å²) in [6.07, 6.45) is 8.33. The van der Waals surface area contributed by atoms with Crippen LogP contribution in [-0.2, 0) is 0 Å². The summed E-state index contributed by atoms with van der Waals surface area (Å²) >= 11 is 0. The molecule has 0 saturated heterocycles. The minimum Gasteiger partial charge on any atom is -0.313 e. The van der Waals surface area contributed by atoms with E-state index in [0.29, 0.717) is 6.04 Å². The lowest BCUT2D eigenvalue weighted by molar-refractivity contribution is 0.176. The number of hydrogen-bond acceptors (Lipinski definition) is 2. The second kappa shape index (κ2) is 8.92. The molecule has 0 amide bonds. The maximum Gasteiger partial charge on any atom is 0.0110 e. The Morgan fingerprint density at radius 1 is 1.17 bits per heavy atom. The molecule has 0 aliphatic heterocycles. The van der Waals surface area contributed by atoms with E-state index in [1.165, 1.54) is 51.6 Å². The van der Waals surface area contributed by atoms with E-state index in [-0.39, 0.29) is 0 Å². The molecular weight excluding hydrogens is 220 g/mol. The fourth-order valence-electron chi connectivity index (χ4n) is 3.15. The molecule has 1 fully saturated rings. The van der Waals surface area contributed by atoms with E-state index in [2.05, 4.69) is 37.9 Å². The van der Waals surface area contributed by atoms with Gasteiger partial charge in [0.2, 0.25) is 0 Å². The molecule has 1 atom stereocenters. The lowest BCUT2D eigenvalue weighted by Crippen LogP contribution is -2.42.